The van der Waals surface area contributed by atoms with E-state index in [2.05, 4.69) is 15.9 Å². The fraction of sp³-hybridized carbons (Fsp3) is 0.529. The normalized spacial score (nSPS) is 15.2. The molecule has 1 fully saturated rings. The van der Waals surface area contributed by atoms with E-state index in [1.165, 1.54) is 7.11 Å². The number of nitrogens with zero attached hydrogens (tertiary/aromatic N) is 2. The third-order valence-electron chi connectivity index (χ3n) is 3.75. The van der Waals surface area contributed by atoms with E-state index in [0.717, 1.165) is 10.9 Å². The second-order valence-electron chi connectivity index (χ2n) is 5.91. The summed E-state index contributed by atoms with van der Waals surface area (Å²) in [6.07, 6.45) is 0.346. The van der Waals surface area contributed by atoms with Gasteiger partial charge in [-0.25, -0.2) is 4.79 Å². The van der Waals surface area contributed by atoms with Gasteiger partial charge in [0.2, 0.25) is 0 Å². The zero-order valence-electron chi connectivity index (χ0n) is 14.3. The summed E-state index contributed by atoms with van der Waals surface area (Å²) in [6, 6.07) is 5.41. The Kier molecular flexibility index (Phi) is 6.48. The number of rotatable bonds is 3. The van der Waals surface area contributed by atoms with Crippen molar-refractivity contribution in [3.8, 4) is 5.75 Å². The van der Waals surface area contributed by atoms with Crippen LogP contribution in [-0.2, 0) is 4.74 Å². The van der Waals surface area contributed by atoms with E-state index in [1.54, 1.807) is 15.9 Å². The Balaban J connectivity index is 2.15. The molecule has 0 N–H and O–H groups in total. The standard InChI is InChI=1S/C17H23BrN2O4/c1-12(2)24-15-11-13(18)5-6-14(15)16(21)19-7-4-8-20(10-9-19)17(22)23-3/h5-6,11-12H,4,7-10H2,1-3H3. The van der Waals surface area contributed by atoms with E-state index in [1.807, 2.05) is 26.0 Å². The molecule has 2 amide bonds. The summed E-state index contributed by atoms with van der Waals surface area (Å²) in [4.78, 5) is 28.0. The lowest BCUT2D eigenvalue weighted by molar-refractivity contribution is 0.0751. The Labute approximate surface area is 150 Å². The summed E-state index contributed by atoms with van der Waals surface area (Å²) >= 11 is 3.41. The first kappa shape index (κ1) is 18.6. The predicted octanol–water partition coefficient (Wildman–Crippen LogP) is 3.15. The molecule has 1 saturated heterocycles. The maximum Gasteiger partial charge on any atom is 0.409 e. The van der Waals surface area contributed by atoms with Crippen molar-refractivity contribution < 1.29 is 19.1 Å². The SMILES string of the molecule is COC(=O)N1CCCN(C(=O)c2ccc(Br)cc2OC(C)C)CC1. The Morgan fingerprint density at radius 3 is 2.46 bits per heavy atom. The highest BCUT2D eigenvalue weighted by Crippen LogP contribution is 2.26. The molecular formula is C17H23BrN2O4. The molecule has 0 aliphatic carbocycles. The summed E-state index contributed by atoms with van der Waals surface area (Å²) in [6.45, 7) is 5.99. The third kappa shape index (κ3) is 4.63. The molecule has 1 aliphatic heterocycles. The van der Waals surface area contributed by atoms with Gasteiger partial charge >= 0.3 is 6.09 Å². The van der Waals surface area contributed by atoms with Crippen LogP contribution in [0.4, 0.5) is 4.79 Å². The van der Waals surface area contributed by atoms with Crippen LogP contribution in [0.3, 0.4) is 0 Å². The van der Waals surface area contributed by atoms with Gasteiger partial charge in [-0.3, -0.25) is 4.79 Å². The summed E-state index contributed by atoms with van der Waals surface area (Å²) in [7, 11) is 1.37. The maximum absolute atomic E-state index is 12.9. The molecule has 0 bridgehead atoms. The van der Waals surface area contributed by atoms with Crippen molar-refractivity contribution in [2.45, 2.75) is 26.4 Å². The highest BCUT2D eigenvalue weighted by molar-refractivity contribution is 9.10. The van der Waals surface area contributed by atoms with Gasteiger partial charge in [-0.05, 0) is 38.5 Å². The molecule has 1 aromatic rings. The molecule has 0 aromatic heterocycles. The van der Waals surface area contributed by atoms with Gasteiger partial charge in [0.15, 0.2) is 0 Å². The van der Waals surface area contributed by atoms with Crippen LogP contribution in [0.5, 0.6) is 5.75 Å². The molecule has 0 unspecified atom stereocenters. The molecule has 132 valence electrons. The molecule has 6 nitrogen and oxygen atoms in total. The molecule has 1 aliphatic rings. The van der Waals surface area contributed by atoms with Crippen LogP contribution < -0.4 is 4.74 Å². The first-order chi connectivity index (χ1) is 11.4. The molecule has 7 heteroatoms. The van der Waals surface area contributed by atoms with Gasteiger partial charge < -0.3 is 19.3 Å². The number of benzene rings is 1. The molecule has 0 radical (unpaired) electrons. The number of halogens is 1. The lowest BCUT2D eigenvalue weighted by Gasteiger charge is -2.23. The molecular weight excluding hydrogens is 376 g/mol. The molecule has 0 spiro atoms. The Hall–Kier alpha value is -1.76. The van der Waals surface area contributed by atoms with Crippen molar-refractivity contribution in [3.05, 3.63) is 28.2 Å². The van der Waals surface area contributed by atoms with Gasteiger partial charge in [0, 0.05) is 30.7 Å². The lowest BCUT2D eigenvalue weighted by Crippen LogP contribution is -2.37. The number of methoxy groups -OCH3 is 1. The number of amides is 2. The number of hydrogen-bond acceptors (Lipinski definition) is 4. The Morgan fingerprint density at radius 2 is 1.79 bits per heavy atom. The fourth-order valence-corrected chi connectivity index (χ4v) is 2.97. The zero-order valence-corrected chi connectivity index (χ0v) is 15.8. The van der Waals surface area contributed by atoms with E-state index in [9.17, 15) is 9.59 Å². The van der Waals surface area contributed by atoms with Crippen molar-refractivity contribution in [2.24, 2.45) is 0 Å². The molecule has 0 saturated carbocycles. The topological polar surface area (TPSA) is 59.1 Å². The van der Waals surface area contributed by atoms with Gasteiger partial charge in [-0.2, -0.15) is 0 Å². The average Bonchev–Trinajstić information content (AvgIpc) is 2.79. The van der Waals surface area contributed by atoms with Crippen molar-refractivity contribution in [2.75, 3.05) is 33.3 Å². The monoisotopic (exact) mass is 398 g/mol. The van der Waals surface area contributed by atoms with Gasteiger partial charge in [0.1, 0.15) is 5.75 Å². The number of carbonyl (C=O) groups excluding carboxylic acids is 2. The van der Waals surface area contributed by atoms with Gasteiger partial charge in [-0.1, -0.05) is 15.9 Å². The van der Waals surface area contributed by atoms with E-state index >= 15 is 0 Å². The summed E-state index contributed by atoms with van der Waals surface area (Å²) < 4.78 is 11.4. The van der Waals surface area contributed by atoms with Gasteiger partial charge in [-0.15, -0.1) is 0 Å². The van der Waals surface area contributed by atoms with Crippen LogP contribution in [0.1, 0.15) is 30.6 Å². The van der Waals surface area contributed by atoms with E-state index in [-0.39, 0.29) is 18.1 Å². The lowest BCUT2D eigenvalue weighted by atomic mass is 10.1. The first-order valence-corrected chi connectivity index (χ1v) is 8.80. The van der Waals surface area contributed by atoms with Crippen molar-refractivity contribution in [3.63, 3.8) is 0 Å². The summed E-state index contributed by atoms with van der Waals surface area (Å²) in [5.74, 6) is 0.489. The number of hydrogen-bond donors (Lipinski definition) is 0. The average molecular weight is 399 g/mol. The van der Waals surface area contributed by atoms with Crippen LogP contribution in [0.15, 0.2) is 22.7 Å². The fourth-order valence-electron chi connectivity index (χ4n) is 2.63. The minimum atomic E-state index is -0.350. The van der Waals surface area contributed by atoms with E-state index < -0.39 is 0 Å². The Bertz CT molecular complexity index is 606. The quantitative estimate of drug-likeness (QED) is 0.784. The van der Waals surface area contributed by atoms with E-state index in [0.29, 0.717) is 37.5 Å². The largest absolute Gasteiger partial charge is 0.490 e. The van der Waals surface area contributed by atoms with Crippen molar-refractivity contribution >= 4 is 27.9 Å². The minimum absolute atomic E-state index is 0.0233. The zero-order chi connectivity index (χ0) is 17.7. The van der Waals surface area contributed by atoms with Crippen LogP contribution >= 0.6 is 15.9 Å². The highest BCUT2D eigenvalue weighted by atomic mass is 79.9. The van der Waals surface area contributed by atoms with Crippen LogP contribution in [-0.4, -0.2) is 61.2 Å². The second-order valence-corrected chi connectivity index (χ2v) is 6.83. The van der Waals surface area contributed by atoms with Crippen LogP contribution in [0.2, 0.25) is 0 Å². The van der Waals surface area contributed by atoms with E-state index in [4.69, 9.17) is 9.47 Å². The molecule has 0 atom stereocenters. The number of ether oxygens (including phenoxy) is 2. The third-order valence-corrected chi connectivity index (χ3v) is 4.25. The smallest absolute Gasteiger partial charge is 0.409 e. The number of carbonyl (C=O) groups is 2. The molecule has 2 rings (SSSR count). The summed E-state index contributed by atoms with van der Waals surface area (Å²) in [5, 5.41) is 0. The van der Waals surface area contributed by atoms with Gasteiger partial charge in [0.05, 0.1) is 18.8 Å². The second kappa shape index (κ2) is 8.37. The van der Waals surface area contributed by atoms with Crippen molar-refractivity contribution in [1.82, 2.24) is 9.80 Å². The molecule has 1 heterocycles. The van der Waals surface area contributed by atoms with Crippen molar-refractivity contribution in [1.29, 1.82) is 0 Å². The molecule has 1 aromatic carbocycles. The van der Waals surface area contributed by atoms with Crippen LogP contribution in [0.25, 0.3) is 0 Å². The first-order valence-electron chi connectivity index (χ1n) is 8.00. The Morgan fingerprint density at radius 1 is 1.12 bits per heavy atom. The molecule has 24 heavy (non-hydrogen) atoms. The maximum atomic E-state index is 12.9. The minimum Gasteiger partial charge on any atom is -0.490 e. The van der Waals surface area contributed by atoms with Gasteiger partial charge in [0.25, 0.3) is 5.91 Å². The highest BCUT2D eigenvalue weighted by Gasteiger charge is 2.25. The van der Waals surface area contributed by atoms with Crippen LogP contribution in [0, 0.1) is 0 Å². The predicted molar refractivity (Wildman–Crippen MR) is 94.4 cm³/mol. The summed E-state index contributed by atoms with van der Waals surface area (Å²) in [5.41, 5.74) is 0.540.